The van der Waals surface area contributed by atoms with Crippen LogP contribution in [0.4, 0.5) is 22.7 Å². The zero-order chi connectivity index (χ0) is 25.2. The van der Waals surface area contributed by atoms with Crippen LogP contribution in [0.25, 0.3) is 0 Å². The fraction of sp³-hybridized carbons (Fsp3) is 0.417. The Morgan fingerprint density at radius 2 is 2.03 bits per heavy atom. The van der Waals surface area contributed by atoms with Gasteiger partial charge in [0, 0.05) is 31.0 Å². The first-order chi connectivity index (χ1) is 17.4. The number of thiazole rings is 1. The van der Waals surface area contributed by atoms with E-state index < -0.39 is 5.97 Å². The van der Waals surface area contributed by atoms with Crippen molar-refractivity contribution in [3.8, 4) is 0 Å². The van der Waals surface area contributed by atoms with Crippen molar-refractivity contribution in [2.75, 3.05) is 34.8 Å². The monoisotopic (exact) mass is 509 g/mol. The van der Waals surface area contributed by atoms with E-state index in [0.29, 0.717) is 59.8 Å². The summed E-state index contributed by atoms with van der Waals surface area (Å²) in [6.07, 6.45) is 4.54. The number of aryl methyl sites for hydroxylation is 1. The minimum atomic E-state index is -0.420. The molecule has 3 aromatic rings. The van der Waals surface area contributed by atoms with Gasteiger partial charge in [-0.1, -0.05) is 17.4 Å². The van der Waals surface area contributed by atoms with E-state index in [1.165, 1.54) is 11.3 Å². The molecule has 0 radical (unpaired) electrons. The lowest BCUT2D eigenvalue weighted by Crippen LogP contribution is -2.37. The molecule has 5 rings (SSSR count). The standard InChI is InChI=1S/C24H27N7O4S/c1-3-35-22(34)19-14(2)26-24(36-19)29-23-27-20(30-9-6-16(32)7-10-30)17-11-18(33)31(21(17)28-23)13-15-5-4-8-25-12-15/h4-5,8,12,16,32H,3,6-7,9-11,13H2,1-2H3,(H,26,27,28,29). The van der Waals surface area contributed by atoms with Crippen LogP contribution >= 0.6 is 11.3 Å². The number of hydrogen-bond acceptors (Lipinski definition) is 11. The molecule has 0 atom stereocenters. The van der Waals surface area contributed by atoms with Gasteiger partial charge in [-0.3, -0.25) is 20.0 Å². The van der Waals surface area contributed by atoms with E-state index in [9.17, 15) is 14.7 Å². The molecule has 0 spiro atoms. The van der Waals surface area contributed by atoms with Gasteiger partial charge in [-0.05, 0) is 38.3 Å². The Kier molecular flexibility index (Phi) is 6.79. The van der Waals surface area contributed by atoms with Gasteiger partial charge in [0.25, 0.3) is 0 Å². The van der Waals surface area contributed by atoms with Crippen LogP contribution < -0.4 is 15.1 Å². The van der Waals surface area contributed by atoms with E-state index in [4.69, 9.17) is 14.7 Å². The van der Waals surface area contributed by atoms with Gasteiger partial charge in [-0.2, -0.15) is 9.97 Å². The lowest BCUT2D eigenvalue weighted by Gasteiger charge is -2.31. The smallest absolute Gasteiger partial charge is 0.350 e. The first kappa shape index (κ1) is 24.1. The fourth-order valence-corrected chi connectivity index (χ4v) is 5.22. The van der Waals surface area contributed by atoms with Gasteiger partial charge in [-0.15, -0.1) is 0 Å². The average Bonchev–Trinajstić information content (AvgIpc) is 3.39. The highest BCUT2D eigenvalue weighted by molar-refractivity contribution is 7.17. The minimum absolute atomic E-state index is 0.0618. The van der Waals surface area contributed by atoms with Gasteiger partial charge in [-0.25, -0.2) is 9.78 Å². The van der Waals surface area contributed by atoms with Gasteiger partial charge >= 0.3 is 5.97 Å². The molecule has 0 saturated carbocycles. The number of amides is 1. The number of rotatable bonds is 7. The van der Waals surface area contributed by atoms with Crippen LogP contribution in [0.1, 0.15) is 46.3 Å². The zero-order valence-electron chi connectivity index (χ0n) is 20.1. The average molecular weight is 510 g/mol. The zero-order valence-corrected chi connectivity index (χ0v) is 20.9. The van der Waals surface area contributed by atoms with E-state index in [1.807, 2.05) is 12.1 Å². The minimum Gasteiger partial charge on any atom is -0.462 e. The molecule has 2 N–H and O–H groups in total. The second-order valence-electron chi connectivity index (χ2n) is 8.69. The molecule has 12 heteroatoms. The normalized spacial score (nSPS) is 15.8. The maximum atomic E-state index is 13.1. The molecule has 0 aromatic carbocycles. The van der Waals surface area contributed by atoms with Gasteiger partial charge in [0.15, 0.2) is 5.13 Å². The molecule has 2 aliphatic heterocycles. The van der Waals surface area contributed by atoms with Gasteiger partial charge in [0.1, 0.15) is 16.5 Å². The molecule has 36 heavy (non-hydrogen) atoms. The molecule has 0 aliphatic carbocycles. The molecule has 11 nitrogen and oxygen atoms in total. The quantitative estimate of drug-likeness (QED) is 0.458. The Morgan fingerprint density at radius 3 is 2.75 bits per heavy atom. The van der Waals surface area contributed by atoms with E-state index in [1.54, 1.807) is 31.1 Å². The van der Waals surface area contributed by atoms with Crippen molar-refractivity contribution in [3.63, 3.8) is 0 Å². The molecule has 0 unspecified atom stereocenters. The third-order valence-corrected chi connectivity index (χ3v) is 7.20. The molecule has 0 bridgehead atoms. The van der Waals surface area contributed by atoms with Gasteiger partial charge in [0.05, 0.1) is 31.4 Å². The summed E-state index contributed by atoms with van der Waals surface area (Å²) in [5, 5.41) is 13.6. The summed E-state index contributed by atoms with van der Waals surface area (Å²) in [7, 11) is 0. The SMILES string of the molecule is CCOC(=O)c1sc(Nc2nc(N3CCC(O)CC3)c3c(n2)N(Cc2cccnc2)C(=O)C3)nc1C. The number of carbonyl (C=O) groups excluding carboxylic acids is 2. The van der Waals surface area contributed by atoms with E-state index in [-0.39, 0.29) is 31.0 Å². The van der Waals surface area contributed by atoms with Crippen LogP contribution in [-0.2, 0) is 22.5 Å². The second kappa shape index (κ2) is 10.2. The van der Waals surface area contributed by atoms with Crippen molar-refractivity contribution >= 4 is 45.9 Å². The summed E-state index contributed by atoms with van der Waals surface area (Å²) in [5.41, 5.74) is 2.22. The van der Waals surface area contributed by atoms with Crippen molar-refractivity contribution in [3.05, 3.63) is 46.2 Å². The molecule has 5 heterocycles. The lowest BCUT2D eigenvalue weighted by molar-refractivity contribution is -0.117. The number of ether oxygens (including phenoxy) is 1. The topological polar surface area (TPSA) is 134 Å². The summed E-state index contributed by atoms with van der Waals surface area (Å²) in [6.45, 7) is 5.38. The highest BCUT2D eigenvalue weighted by Gasteiger charge is 2.35. The molecular weight excluding hydrogens is 482 g/mol. The maximum absolute atomic E-state index is 13.1. The number of nitrogens with zero attached hydrogens (tertiary/aromatic N) is 6. The molecule has 1 saturated heterocycles. The van der Waals surface area contributed by atoms with Crippen molar-refractivity contribution in [2.24, 2.45) is 0 Å². The lowest BCUT2D eigenvalue weighted by atomic mass is 10.1. The Hall–Kier alpha value is -3.64. The van der Waals surface area contributed by atoms with Crippen LogP contribution in [-0.4, -0.2) is 62.7 Å². The molecule has 1 amide bonds. The van der Waals surface area contributed by atoms with E-state index in [2.05, 4.69) is 20.2 Å². The van der Waals surface area contributed by atoms with E-state index >= 15 is 0 Å². The van der Waals surface area contributed by atoms with Crippen molar-refractivity contribution in [2.45, 2.75) is 45.8 Å². The number of pyridine rings is 1. The first-order valence-corrected chi connectivity index (χ1v) is 12.7. The number of hydrogen-bond donors (Lipinski definition) is 2. The number of aliphatic hydroxyl groups is 1. The summed E-state index contributed by atoms with van der Waals surface area (Å²) < 4.78 is 5.12. The Balaban J connectivity index is 1.51. The van der Waals surface area contributed by atoms with Crippen molar-refractivity contribution < 1.29 is 19.4 Å². The van der Waals surface area contributed by atoms with Gasteiger partial charge < -0.3 is 14.7 Å². The predicted molar refractivity (Wildman–Crippen MR) is 135 cm³/mol. The third-order valence-electron chi connectivity index (χ3n) is 6.15. The van der Waals surface area contributed by atoms with Crippen LogP contribution in [0.2, 0.25) is 0 Å². The molecular formula is C24H27N7O4S. The van der Waals surface area contributed by atoms with E-state index in [0.717, 1.165) is 11.1 Å². The van der Waals surface area contributed by atoms with Crippen molar-refractivity contribution in [1.29, 1.82) is 0 Å². The number of esters is 1. The molecule has 1 fully saturated rings. The number of anilines is 4. The Bertz CT molecular complexity index is 1270. The number of nitrogens with one attached hydrogen (secondary N) is 1. The number of carbonyl (C=O) groups is 2. The largest absolute Gasteiger partial charge is 0.462 e. The van der Waals surface area contributed by atoms with Crippen LogP contribution in [0.15, 0.2) is 24.5 Å². The number of aliphatic hydroxyl groups excluding tert-OH is 1. The maximum Gasteiger partial charge on any atom is 0.350 e. The Morgan fingerprint density at radius 1 is 1.25 bits per heavy atom. The molecule has 188 valence electrons. The predicted octanol–water partition coefficient (Wildman–Crippen LogP) is 2.61. The first-order valence-electron chi connectivity index (χ1n) is 11.9. The van der Waals surface area contributed by atoms with Gasteiger partial charge in [0.2, 0.25) is 11.9 Å². The number of aromatic nitrogens is 4. The van der Waals surface area contributed by atoms with Crippen LogP contribution in [0, 0.1) is 6.92 Å². The van der Waals surface area contributed by atoms with Crippen LogP contribution in [0.3, 0.4) is 0 Å². The summed E-state index contributed by atoms with van der Waals surface area (Å²) in [4.78, 5) is 47.5. The highest BCUT2D eigenvalue weighted by Crippen LogP contribution is 2.37. The summed E-state index contributed by atoms with van der Waals surface area (Å²) in [5.74, 6) is 1.02. The molecule has 2 aliphatic rings. The third kappa shape index (κ3) is 4.86. The molecule has 3 aromatic heterocycles. The highest BCUT2D eigenvalue weighted by atomic mass is 32.1. The number of piperidine rings is 1. The fourth-order valence-electron chi connectivity index (χ4n) is 4.37. The second-order valence-corrected chi connectivity index (χ2v) is 9.69. The number of fused-ring (bicyclic) bond motifs is 1. The van der Waals surface area contributed by atoms with Crippen molar-refractivity contribution in [1.82, 2.24) is 19.9 Å². The Labute approximate surface area is 212 Å². The van der Waals surface area contributed by atoms with Crippen LogP contribution in [0.5, 0.6) is 0 Å². The summed E-state index contributed by atoms with van der Waals surface area (Å²) in [6, 6.07) is 3.75. The summed E-state index contributed by atoms with van der Waals surface area (Å²) >= 11 is 1.17.